The van der Waals surface area contributed by atoms with Crippen molar-refractivity contribution in [3.05, 3.63) is 0 Å². The van der Waals surface area contributed by atoms with Crippen molar-refractivity contribution < 1.29 is 14.3 Å². The van der Waals surface area contributed by atoms with E-state index >= 15 is 0 Å². The molecule has 2 aliphatic rings. The Balaban J connectivity index is 2.00. The fourth-order valence-corrected chi connectivity index (χ4v) is 4.25. The molecule has 0 saturated carbocycles. The summed E-state index contributed by atoms with van der Waals surface area (Å²) in [5.74, 6) is -0.617. The van der Waals surface area contributed by atoms with E-state index in [0.29, 0.717) is 25.7 Å². The number of piperidine rings is 1. The standard InChI is InChI=1S/C19H35N3O3/c1-5-7-17-14-21(11-10-20(17)12-13-25-4)18(23)19(24)22-15(2)8-6-9-16(22)3/h15-17H,5-14H2,1-4H3. The van der Waals surface area contributed by atoms with Crippen LogP contribution in [0.1, 0.15) is 52.9 Å². The zero-order chi connectivity index (χ0) is 18.4. The molecule has 2 amide bonds. The third-order valence-electron chi connectivity index (χ3n) is 5.71. The van der Waals surface area contributed by atoms with Crippen LogP contribution in [0.25, 0.3) is 0 Å². The van der Waals surface area contributed by atoms with E-state index in [1.165, 1.54) is 0 Å². The molecule has 3 unspecified atom stereocenters. The maximum absolute atomic E-state index is 12.9. The van der Waals surface area contributed by atoms with Gasteiger partial charge in [0, 0.05) is 51.4 Å². The second-order valence-corrected chi connectivity index (χ2v) is 7.56. The van der Waals surface area contributed by atoms with Gasteiger partial charge in [-0.3, -0.25) is 14.5 Å². The first-order chi connectivity index (χ1) is 12.0. The molecular weight excluding hydrogens is 318 g/mol. The van der Waals surface area contributed by atoms with Gasteiger partial charge < -0.3 is 14.5 Å². The minimum absolute atomic E-state index is 0.162. The molecule has 2 rings (SSSR count). The van der Waals surface area contributed by atoms with Crippen LogP contribution in [0.4, 0.5) is 0 Å². The van der Waals surface area contributed by atoms with Crippen molar-refractivity contribution in [2.24, 2.45) is 0 Å². The van der Waals surface area contributed by atoms with Gasteiger partial charge in [0.25, 0.3) is 0 Å². The number of carbonyl (C=O) groups is 2. The fourth-order valence-electron chi connectivity index (χ4n) is 4.25. The van der Waals surface area contributed by atoms with Crippen LogP contribution < -0.4 is 0 Å². The molecule has 0 aromatic carbocycles. The molecule has 3 atom stereocenters. The summed E-state index contributed by atoms with van der Waals surface area (Å²) < 4.78 is 5.20. The van der Waals surface area contributed by atoms with E-state index in [1.807, 2.05) is 4.90 Å². The van der Waals surface area contributed by atoms with Crippen LogP contribution in [0.3, 0.4) is 0 Å². The smallest absolute Gasteiger partial charge is 0.312 e. The summed E-state index contributed by atoms with van der Waals surface area (Å²) in [6.45, 7) is 9.97. The van der Waals surface area contributed by atoms with E-state index in [1.54, 1.807) is 12.0 Å². The Kier molecular flexibility index (Phi) is 7.69. The van der Waals surface area contributed by atoms with Crippen LogP contribution in [0, 0.1) is 0 Å². The summed E-state index contributed by atoms with van der Waals surface area (Å²) >= 11 is 0. The van der Waals surface area contributed by atoms with E-state index in [9.17, 15) is 9.59 Å². The molecule has 0 aromatic heterocycles. The first-order valence-electron chi connectivity index (χ1n) is 9.84. The van der Waals surface area contributed by atoms with Crippen LogP contribution >= 0.6 is 0 Å². The second-order valence-electron chi connectivity index (χ2n) is 7.56. The summed E-state index contributed by atoms with van der Waals surface area (Å²) in [5.41, 5.74) is 0. The van der Waals surface area contributed by atoms with Crippen molar-refractivity contribution in [3.63, 3.8) is 0 Å². The number of nitrogens with zero attached hydrogens (tertiary/aromatic N) is 3. The molecule has 2 fully saturated rings. The van der Waals surface area contributed by atoms with Crippen molar-refractivity contribution in [2.75, 3.05) is 39.9 Å². The molecule has 6 heteroatoms. The Morgan fingerprint density at radius 2 is 1.76 bits per heavy atom. The normalized spacial score (nSPS) is 28.2. The van der Waals surface area contributed by atoms with Crippen LogP contribution in [0.5, 0.6) is 0 Å². The molecule has 0 spiro atoms. The summed E-state index contributed by atoms with van der Waals surface area (Å²) in [4.78, 5) is 31.7. The van der Waals surface area contributed by atoms with Gasteiger partial charge in [0.2, 0.25) is 0 Å². The number of likely N-dealkylation sites (tertiary alicyclic amines) is 1. The number of rotatable bonds is 5. The van der Waals surface area contributed by atoms with Crippen molar-refractivity contribution in [1.82, 2.24) is 14.7 Å². The predicted octanol–water partition coefficient (Wildman–Crippen LogP) is 1.74. The molecule has 6 nitrogen and oxygen atoms in total. The van der Waals surface area contributed by atoms with Gasteiger partial charge >= 0.3 is 11.8 Å². The monoisotopic (exact) mass is 353 g/mol. The topological polar surface area (TPSA) is 53.1 Å². The number of methoxy groups -OCH3 is 1. The van der Waals surface area contributed by atoms with E-state index < -0.39 is 0 Å². The number of amides is 2. The molecule has 0 aliphatic carbocycles. The summed E-state index contributed by atoms with van der Waals surface area (Å²) in [5, 5.41) is 0. The van der Waals surface area contributed by atoms with Gasteiger partial charge in [-0.05, 0) is 39.5 Å². The Bertz CT molecular complexity index is 447. The van der Waals surface area contributed by atoms with Gasteiger partial charge in [-0.25, -0.2) is 0 Å². The van der Waals surface area contributed by atoms with Crippen LogP contribution in [-0.2, 0) is 14.3 Å². The van der Waals surface area contributed by atoms with Gasteiger partial charge in [0.15, 0.2) is 0 Å². The highest BCUT2D eigenvalue weighted by molar-refractivity contribution is 6.35. The summed E-state index contributed by atoms with van der Waals surface area (Å²) in [6, 6.07) is 0.645. The minimum Gasteiger partial charge on any atom is -0.383 e. The molecule has 2 saturated heterocycles. The summed E-state index contributed by atoms with van der Waals surface area (Å²) in [6.07, 6.45) is 5.23. The molecule has 25 heavy (non-hydrogen) atoms. The SMILES string of the molecule is CCCC1CN(C(=O)C(=O)N2C(C)CCCC2C)CCN1CCOC. The van der Waals surface area contributed by atoms with Gasteiger partial charge in [-0.2, -0.15) is 0 Å². The lowest BCUT2D eigenvalue weighted by molar-refractivity contribution is -0.157. The number of ether oxygens (including phenoxy) is 1. The van der Waals surface area contributed by atoms with Crippen LogP contribution in [0.2, 0.25) is 0 Å². The summed E-state index contributed by atoms with van der Waals surface area (Å²) in [7, 11) is 1.72. The molecule has 2 aliphatic heterocycles. The molecule has 0 N–H and O–H groups in total. The Hall–Kier alpha value is -1.14. The Morgan fingerprint density at radius 1 is 1.08 bits per heavy atom. The molecule has 144 valence electrons. The first-order valence-corrected chi connectivity index (χ1v) is 9.84. The lowest BCUT2D eigenvalue weighted by Crippen LogP contribution is -2.59. The van der Waals surface area contributed by atoms with Crippen LogP contribution in [0.15, 0.2) is 0 Å². The number of piperazine rings is 1. The highest BCUT2D eigenvalue weighted by Crippen LogP contribution is 2.23. The number of hydrogen-bond donors (Lipinski definition) is 0. The van der Waals surface area contributed by atoms with E-state index in [4.69, 9.17) is 4.74 Å². The molecule has 0 bridgehead atoms. The molecule has 0 aromatic rings. The quantitative estimate of drug-likeness (QED) is 0.707. The third kappa shape index (κ3) is 4.94. The zero-order valence-electron chi connectivity index (χ0n) is 16.4. The predicted molar refractivity (Wildman–Crippen MR) is 98.3 cm³/mol. The highest BCUT2D eigenvalue weighted by Gasteiger charge is 2.37. The zero-order valence-corrected chi connectivity index (χ0v) is 16.4. The average Bonchev–Trinajstić information content (AvgIpc) is 2.60. The van der Waals surface area contributed by atoms with Crippen molar-refractivity contribution in [1.29, 1.82) is 0 Å². The molecule has 0 radical (unpaired) electrons. The van der Waals surface area contributed by atoms with Gasteiger partial charge in [-0.1, -0.05) is 13.3 Å². The maximum Gasteiger partial charge on any atom is 0.312 e. The Morgan fingerprint density at radius 3 is 2.36 bits per heavy atom. The minimum atomic E-state index is -0.312. The first kappa shape index (κ1) is 20.2. The maximum atomic E-state index is 12.9. The third-order valence-corrected chi connectivity index (χ3v) is 5.71. The second kappa shape index (κ2) is 9.53. The lowest BCUT2D eigenvalue weighted by atomic mass is 9.97. The highest BCUT2D eigenvalue weighted by atomic mass is 16.5. The van der Waals surface area contributed by atoms with E-state index in [2.05, 4.69) is 25.7 Å². The molecule has 2 heterocycles. The average molecular weight is 354 g/mol. The van der Waals surface area contributed by atoms with Gasteiger partial charge in [-0.15, -0.1) is 0 Å². The van der Waals surface area contributed by atoms with Crippen LogP contribution in [-0.4, -0.2) is 84.5 Å². The fraction of sp³-hybridized carbons (Fsp3) is 0.895. The van der Waals surface area contributed by atoms with Crippen molar-refractivity contribution in [3.8, 4) is 0 Å². The number of carbonyl (C=O) groups excluding carboxylic acids is 2. The molecular formula is C19H35N3O3. The lowest BCUT2D eigenvalue weighted by Gasteiger charge is -2.43. The largest absolute Gasteiger partial charge is 0.383 e. The van der Waals surface area contributed by atoms with Gasteiger partial charge in [0.1, 0.15) is 0 Å². The van der Waals surface area contributed by atoms with Crippen molar-refractivity contribution in [2.45, 2.75) is 71.0 Å². The van der Waals surface area contributed by atoms with E-state index in [0.717, 1.165) is 45.2 Å². The van der Waals surface area contributed by atoms with Gasteiger partial charge in [0.05, 0.1) is 6.61 Å². The van der Waals surface area contributed by atoms with E-state index in [-0.39, 0.29) is 23.9 Å². The van der Waals surface area contributed by atoms with Crippen molar-refractivity contribution >= 4 is 11.8 Å². The Labute approximate surface area is 152 Å². The number of hydrogen-bond acceptors (Lipinski definition) is 4.